The zero-order chi connectivity index (χ0) is 14.4. The lowest BCUT2D eigenvalue weighted by Crippen LogP contribution is -2.57. The summed E-state index contributed by atoms with van der Waals surface area (Å²) in [5.41, 5.74) is 0.239. The van der Waals surface area contributed by atoms with Gasteiger partial charge in [-0.2, -0.15) is 0 Å². The van der Waals surface area contributed by atoms with E-state index in [1.807, 2.05) is 6.08 Å². The van der Waals surface area contributed by atoms with Crippen LogP contribution in [-0.4, -0.2) is 60.6 Å². The average molecular weight is 290 g/mol. The van der Waals surface area contributed by atoms with Crippen molar-refractivity contribution in [2.75, 3.05) is 39.4 Å². The molecule has 3 heterocycles. The molecular weight excluding hydrogens is 264 g/mol. The standard InChI is InChI=1S/C17H26N2O2/c1-2-7-19-9-4-6-17(19)5-3-8-18(12-17)16(20)15-13-10-21-11-14(13)15/h2,13-15H,1,3-12H2/t13-,14+,15?,17?. The molecule has 0 aromatic rings. The second kappa shape index (κ2) is 5.10. The maximum Gasteiger partial charge on any atom is 0.226 e. The van der Waals surface area contributed by atoms with Crippen molar-refractivity contribution in [1.82, 2.24) is 9.80 Å². The molecular formula is C17H26N2O2. The molecule has 0 aromatic carbocycles. The minimum atomic E-state index is 0.239. The SMILES string of the molecule is C=CCN1CCCC12CCCN(C(=O)C1[C@H]3COC[C@@H]13)C2. The highest BCUT2D eigenvalue weighted by atomic mass is 16.5. The van der Waals surface area contributed by atoms with E-state index in [0.717, 1.165) is 45.8 Å². The number of hydrogen-bond acceptors (Lipinski definition) is 3. The molecule has 1 spiro atoms. The Labute approximate surface area is 127 Å². The highest BCUT2D eigenvalue weighted by Gasteiger charge is 2.59. The van der Waals surface area contributed by atoms with Crippen molar-refractivity contribution in [3.05, 3.63) is 12.7 Å². The normalized spacial score (nSPS) is 42.3. The Morgan fingerprint density at radius 1 is 1.24 bits per heavy atom. The smallest absolute Gasteiger partial charge is 0.226 e. The number of piperidine rings is 1. The molecule has 3 aliphatic heterocycles. The van der Waals surface area contributed by atoms with Crippen molar-refractivity contribution < 1.29 is 9.53 Å². The number of carbonyl (C=O) groups is 1. The predicted octanol–water partition coefficient (Wildman–Crippen LogP) is 1.52. The van der Waals surface area contributed by atoms with Crippen molar-refractivity contribution in [2.24, 2.45) is 17.8 Å². The summed E-state index contributed by atoms with van der Waals surface area (Å²) in [7, 11) is 0. The molecule has 4 heteroatoms. The Hall–Kier alpha value is -0.870. The first-order valence-electron chi connectivity index (χ1n) is 8.48. The fourth-order valence-corrected chi connectivity index (χ4v) is 5.01. The first-order valence-corrected chi connectivity index (χ1v) is 8.48. The summed E-state index contributed by atoms with van der Waals surface area (Å²) >= 11 is 0. The highest BCUT2D eigenvalue weighted by molar-refractivity contribution is 5.82. The van der Waals surface area contributed by atoms with E-state index >= 15 is 0 Å². The number of hydrogen-bond donors (Lipinski definition) is 0. The fourth-order valence-electron chi connectivity index (χ4n) is 5.01. The summed E-state index contributed by atoms with van der Waals surface area (Å²) in [5, 5.41) is 0. The quantitative estimate of drug-likeness (QED) is 0.739. The van der Waals surface area contributed by atoms with Gasteiger partial charge in [0.15, 0.2) is 0 Å². The van der Waals surface area contributed by atoms with Gasteiger partial charge in [0.05, 0.1) is 13.2 Å². The summed E-state index contributed by atoms with van der Waals surface area (Å²) in [4.78, 5) is 17.6. The second-order valence-electron chi connectivity index (χ2n) is 7.32. The van der Waals surface area contributed by atoms with E-state index in [-0.39, 0.29) is 11.5 Å². The van der Waals surface area contributed by atoms with Crippen molar-refractivity contribution in [2.45, 2.75) is 31.2 Å². The number of fused-ring (bicyclic) bond motifs is 1. The van der Waals surface area contributed by atoms with Gasteiger partial charge >= 0.3 is 0 Å². The van der Waals surface area contributed by atoms with Crippen molar-refractivity contribution in [1.29, 1.82) is 0 Å². The lowest BCUT2D eigenvalue weighted by atomic mass is 9.86. The lowest BCUT2D eigenvalue weighted by molar-refractivity contribution is -0.137. The van der Waals surface area contributed by atoms with Gasteiger partial charge in [0, 0.05) is 31.1 Å². The number of rotatable bonds is 3. The topological polar surface area (TPSA) is 32.8 Å². The van der Waals surface area contributed by atoms with Crippen LogP contribution in [0.4, 0.5) is 0 Å². The first-order chi connectivity index (χ1) is 10.2. The molecule has 1 amide bonds. The van der Waals surface area contributed by atoms with E-state index in [9.17, 15) is 4.79 Å². The number of amides is 1. The summed E-state index contributed by atoms with van der Waals surface area (Å²) < 4.78 is 5.43. The van der Waals surface area contributed by atoms with Gasteiger partial charge in [0.1, 0.15) is 0 Å². The average Bonchev–Trinajstić information content (AvgIpc) is 2.83. The van der Waals surface area contributed by atoms with Crippen molar-refractivity contribution in [3.8, 4) is 0 Å². The van der Waals surface area contributed by atoms with Gasteiger partial charge in [0.25, 0.3) is 0 Å². The molecule has 0 N–H and O–H groups in total. The van der Waals surface area contributed by atoms with E-state index in [4.69, 9.17) is 4.74 Å². The minimum absolute atomic E-state index is 0.239. The Morgan fingerprint density at radius 2 is 1.95 bits per heavy atom. The van der Waals surface area contributed by atoms with Crippen LogP contribution >= 0.6 is 0 Å². The molecule has 21 heavy (non-hydrogen) atoms. The molecule has 0 radical (unpaired) electrons. The Bertz CT molecular complexity index is 442. The predicted molar refractivity (Wildman–Crippen MR) is 80.8 cm³/mol. The van der Waals surface area contributed by atoms with E-state index < -0.39 is 0 Å². The Balaban J connectivity index is 1.45. The van der Waals surface area contributed by atoms with Gasteiger partial charge in [-0.3, -0.25) is 9.69 Å². The van der Waals surface area contributed by atoms with Crippen LogP contribution < -0.4 is 0 Å². The molecule has 3 saturated heterocycles. The Kier molecular flexibility index (Phi) is 3.34. The minimum Gasteiger partial charge on any atom is -0.381 e. The van der Waals surface area contributed by atoms with E-state index in [2.05, 4.69) is 16.4 Å². The number of likely N-dealkylation sites (tertiary alicyclic amines) is 2. The molecule has 1 aliphatic carbocycles. The zero-order valence-corrected chi connectivity index (χ0v) is 12.8. The van der Waals surface area contributed by atoms with Crippen LogP contribution in [0, 0.1) is 17.8 Å². The molecule has 4 aliphatic rings. The molecule has 116 valence electrons. The van der Waals surface area contributed by atoms with Crippen LogP contribution in [0.2, 0.25) is 0 Å². The highest BCUT2D eigenvalue weighted by Crippen LogP contribution is 2.52. The lowest BCUT2D eigenvalue weighted by Gasteiger charge is -2.46. The summed E-state index contributed by atoms with van der Waals surface area (Å²) in [6.07, 6.45) is 6.91. The fraction of sp³-hybridized carbons (Fsp3) is 0.824. The van der Waals surface area contributed by atoms with E-state index in [0.29, 0.717) is 17.7 Å². The van der Waals surface area contributed by atoms with Crippen LogP contribution in [0.25, 0.3) is 0 Å². The molecule has 4 nitrogen and oxygen atoms in total. The van der Waals surface area contributed by atoms with Gasteiger partial charge in [-0.25, -0.2) is 0 Å². The molecule has 4 rings (SSSR count). The monoisotopic (exact) mass is 290 g/mol. The molecule has 0 bridgehead atoms. The van der Waals surface area contributed by atoms with Crippen molar-refractivity contribution >= 4 is 5.91 Å². The van der Waals surface area contributed by atoms with Crippen LogP contribution in [-0.2, 0) is 9.53 Å². The summed E-state index contributed by atoms with van der Waals surface area (Å²) in [6.45, 7) is 9.54. The maximum atomic E-state index is 12.8. The summed E-state index contributed by atoms with van der Waals surface area (Å²) in [5.74, 6) is 1.76. The molecule has 1 saturated carbocycles. The second-order valence-corrected chi connectivity index (χ2v) is 7.32. The van der Waals surface area contributed by atoms with Crippen LogP contribution in [0.3, 0.4) is 0 Å². The molecule has 0 aromatic heterocycles. The molecule has 4 fully saturated rings. The third-order valence-corrected chi connectivity index (χ3v) is 6.19. The number of nitrogens with zero attached hydrogens (tertiary/aromatic N) is 2. The molecule has 2 unspecified atom stereocenters. The van der Waals surface area contributed by atoms with Gasteiger partial charge in [-0.1, -0.05) is 6.08 Å². The summed E-state index contributed by atoms with van der Waals surface area (Å²) in [6, 6.07) is 0. The van der Waals surface area contributed by atoms with Gasteiger partial charge < -0.3 is 9.64 Å². The largest absolute Gasteiger partial charge is 0.381 e. The van der Waals surface area contributed by atoms with Crippen molar-refractivity contribution in [3.63, 3.8) is 0 Å². The van der Waals surface area contributed by atoms with E-state index in [1.54, 1.807) is 0 Å². The number of ether oxygens (including phenoxy) is 1. The van der Waals surface area contributed by atoms with Crippen LogP contribution in [0.5, 0.6) is 0 Å². The zero-order valence-electron chi connectivity index (χ0n) is 12.8. The third kappa shape index (κ3) is 2.15. The third-order valence-electron chi connectivity index (χ3n) is 6.19. The van der Waals surface area contributed by atoms with Crippen LogP contribution in [0.15, 0.2) is 12.7 Å². The van der Waals surface area contributed by atoms with Gasteiger partial charge in [-0.15, -0.1) is 6.58 Å². The van der Waals surface area contributed by atoms with Crippen LogP contribution in [0.1, 0.15) is 25.7 Å². The first kappa shape index (κ1) is 13.8. The Morgan fingerprint density at radius 3 is 2.67 bits per heavy atom. The van der Waals surface area contributed by atoms with Gasteiger partial charge in [-0.05, 0) is 44.1 Å². The molecule has 4 atom stereocenters. The van der Waals surface area contributed by atoms with E-state index in [1.165, 1.54) is 19.3 Å². The van der Waals surface area contributed by atoms with Gasteiger partial charge in [0.2, 0.25) is 5.91 Å². The number of carbonyl (C=O) groups excluding carboxylic acids is 1. The maximum absolute atomic E-state index is 12.8.